The summed E-state index contributed by atoms with van der Waals surface area (Å²) in [6, 6.07) is 0. The minimum atomic E-state index is -0.338. The van der Waals surface area contributed by atoms with Crippen LogP contribution in [-0.2, 0) is 90.3 Å². The Morgan fingerprint density at radius 3 is 1.18 bits per heavy atom. The highest BCUT2D eigenvalue weighted by atomic mass is 16.6. The van der Waals surface area contributed by atoms with Crippen LogP contribution in [0.4, 0.5) is 0 Å². The summed E-state index contributed by atoms with van der Waals surface area (Å²) >= 11 is 0. The Bertz CT molecular complexity index is 2890. The van der Waals surface area contributed by atoms with Gasteiger partial charge in [-0.05, 0) is 231 Å². The predicted octanol–water partition coefficient (Wildman–Crippen LogP) is 18.2. The van der Waals surface area contributed by atoms with Crippen LogP contribution in [0.3, 0.4) is 0 Å². The van der Waals surface area contributed by atoms with Crippen molar-refractivity contribution in [2.45, 2.75) is 409 Å². The van der Waals surface area contributed by atoms with Crippen LogP contribution >= 0.6 is 0 Å². The topological polar surface area (TPSA) is 246 Å². The van der Waals surface area contributed by atoms with Crippen molar-refractivity contribution in [3.63, 3.8) is 0 Å². The van der Waals surface area contributed by atoms with Gasteiger partial charge in [-0.15, -0.1) is 0 Å². The predicted molar refractivity (Wildman–Crippen MR) is 416 cm³/mol. The van der Waals surface area contributed by atoms with E-state index in [1.165, 1.54) is 25.7 Å². The first-order valence-electron chi connectivity index (χ1n) is 43.6. The first-order valence-corrected chi connectivity index (χ1v) is 43.6. The van der Waals surface area contributed by atoms with Gasteiger partial charge in [0.1, 0.15) is 0 Å². The van der Waals surface area contributed by atoms with E-state index in [2.05, 4.69) is 125 Å². The van der Waals surface area contributed by atoms with E-state index in [0.717, 1.165) is 166 Å². The van der Waals surface area contributed by atoms with Crippen LogP contribution in [0.25, 0.3) is 0 Å². The van der Waals surface area contributed by atoms with Crippen LogP contribution < -0.4 is 0 Å². The number of carbonyl (C=O) groups excluding carboxylic acids is 6. The molecule has 0 radical (unpaired) electrons. The zero-order chi connectivity index (χ0) is 79.3. The first kappa shape index (κ1) is 90.1. The minimum Gasteiger partial charge on any atom is -0.465 e. The third-order valence-corrected chi connectivity index (χ3v) is 28.1. The fourth-order valence-corrected chi connectivity index (χ4v) is 16.7. The second-order valence-electron chi connectivity index (χ2n) is 38.3. The fourth-order valence-electron chi connectivity index (χ4n) is 16.7. The molecule has 7 aliphatic heterocycles. The van der Waals surface area contributed by atoms with E-state index in [9.17, 15) is 28.8 Å². The number of rotatable bonds is 26. The van der Waals surface area contributed by atoms with Gasteiger partial charge >= 0.3 is 35.8 Å². The molecule has 28 atom stereocenters. The van der Waals surface area contributed by atoms with Crippen molar-refractivity contribution >= 4 is 35.8 Å². The second-order valence-corrected chi connectivity index (χ2v) is 38.3. The average Bonchev–Trinajstić information content (AvgIpc) is 1.59. The van der Waals surface area contributed by atoms with Crippen molar-refractivity contribution in [2.24, 2.45) is 81.3 Å². The highest BCUT2D eigenvalue weighted by molar-refractivity contribution is 5.78. The van der Waals surface area contributed by atoms with Crippen molar-refractivity contribution in [3.8, 4) is 0 Å². The molecule has 7 saturated heterocycles. The molecule has 0 aromatic rings. The lowest BCUT2D eigenvalue weighted by atomic mass is 9.71. The molecule has 108 heavy (non-hydrogen) atoms. The average molecular weight is 1530 g/mol. The Morgan fingerprint density at radius 2 is 0.713 bits per heavy atom. The molecule has 622 valence electrons. The molecule has 19 nitrogen and oxygen atoms in total. The second kappa shape index (κ2) is 39.3. The van der Waals surface area contributed by atoms with E-state index < -0.39 is 0 Å². The molecular formula is C89H152O19. The highest BCUT2D eigenvalue weighted by Gasteiger charge is 2.63. The summed E-state index contributed by atoms with van der Waals surface area (Å²) < 4.78 is 71.1. The zero-order valence-corrected chi connectivity index (χ0v) is 71.4. The summed E-state index contributed by atoms with van der Waals surface area (Å²) in [4.78, 5) is 71.7. The van der Waals surface area contributed by atoms with Crippen molar-refractivity contribution in [1.29, 1.82) is 0 Å². The molecule has 28 unspecified atom stereocenters. The van der Waals surface area contributed by atoms with Crippen LogP contribution in [-0.4, -0.2) is 159 Å². The maximum atomic E-state index is 12.2. The van der Waals surface area contributed by atoms with E-state index in [1.807, 2.05) is 20.8 Å². The molecule has 7 saturated carbocycles. The van der Waals surface area contributed by atoms with Gasteiger partial charge < -0.3 is 61.6 Å². The van der Waals surface area contributed by atoms with Gasteiger partial charge in [-0.2, -0.15) is 0 Å². The molecular weight excluding hydrogens is 1370 g/mol. The number of hydrogen-bond donors (Lipinski definition) is 0. The summed E-state index contributed by atoms with van der Waals surface area (Å²) in [6.45, 7) is 47.9. The van der Waals surface area contributed by atoms with Gasteiger partial charge in [0.15, 0.2) is 0 Å². The number of ether oxygens (including phenoxy) is 13. The van der Waals surface area contributed by atoms with Crippen molar-refractivity contribution in [3.05, 3.63) is 0 Å². The Hall–Kier alpha value is -3.46. The third kappa shape index (κ3) is 26.0. The monoisotopic (exact) mass is 1530 g/mol. The van der Waals surface area contributed by atoms with Crippen LogP contribution in [0.2, 0.25) is 0 Å². The summed E-state index contributed by atoms with van der Waals surface area (Å²) in [5.41, 5.74) is -0.876. The molecule has 0 bridgehead atoms. The SMILES string of the molecule is CCC(C)C1CCC2OC2C1.CCC(C)COC(=O)C1(C)CCC2(C)OC2C1.CCC(C)COC(=O)C1(C)CCC2OC2(C)C1.CCC(C)COC(=O)C1(C)CCC2OC2C1.CCC(C)COC(=O)C1CCC2(C)OC2C1.CCC(C)COC(=O)C1CCC2OC2(C)C1.CCC(C)COC(=O)C1CCC2OC2C1. The molecule has 14 aliphatic rings. The Morgan fingerprint density at radius 1 is 0.315 bits per heavy atom. The molecule has 0 aromatic heterocycles. The Kier molecular flexibility index (Phi) is 32.7. The molecule has 0 amide bonds. The number of carbonyl (C=O) groups is 6. The standard InChI is InChI=1S/2C14H24O3.3C13H22O3.C12H20O3.C10H18O/c1-5-10(2)9-16-12(15)13(3)6-7-14(4)11(8-13)17-14;1-5-10(2)8-16-12(15)13(3)7-6-11-14(4,9-13)17-11;1-4-9(2)8-15-12(14)13(3)6-5-10-11(7-13)16-10;1-4-9(2)8-15-12(14)10-5-6-13(3)11(7-10)16-13;1-4-9(2)8-15-12(14)10-5-6-11-13(3,7-10)16-11;1-3-8(2)7-14-12(13)9-4-5-10-11(6-9)15-10;1-3-7(2)8-4-5-9-10(6-8)11-9/h2*10-11H,5-9H2,1-4H3;3*9-11H,4-8H2,1-3H3;8-11H,3-7H2,1-2H3;7-10H,3-6H2,1-2H3. The lowest BCUT2D eigenvalue weighted by molar-refractivity contribution is -0.159. The Labute approximate surface area is 652 Å². The van der Waals surface area contributed by atoms with Crippen molar-refractivity contribution in [1.82, 2.24) is 0 Å². The quantitative estimate of drug-likeness (QED) is 0.0444. The normalized spacial score (nSPS) is 39.8. The maximum Gasteiger partial charge on any atom is 0.311 e. The highest BCUT2D eigenvalue weighted by Crippen LogP contribution is 2.57. The first-order chi connectivity index (χ1) is 50.9. The molecule has 14 rings (SSSR count). The lowest BCUT2D eigenvalue weighted by Gasteiger charge is -2.32. The number of esters is 6. The molecule has 0 spiro atoms. The van der Waals surface area contributed by atoms with Crippen LogP contribution in [0, 0.1) is 81.3 Å². The van der Waals surface area contributed by atoms with Gasteiger partial charge in [-0.3, -0.25) is 28.8 Å². The number of epoxide rings is 7. The smallest absolute Gasteiger partial charge is 0.311 e. The van der Waals surface area contributed by atoms with Gasteiger partial charge in [0, 0.05) is 0 Å². The zero-order valence-electron chi connectivity index (χ0n) is 71.4. The van der Waals surface area contributed by atoms with Gasteiger partial charge in [0.25, 0.3) is 0 Å². The van der Waals surface area contributed by atoms with E-state index in [1.54, 1.807) is 0 Å². The van der Waals surface area contributed by atoms with Gasteiger partial charge in [0.05, 0.1) is 157 Å². The summed E-state index contributed by atoms with van der Waals surface area (Å²) in [5, 5.41) is 0. The maximum absolute atomic E-state index is 12.2. The largest absolute Gasteiger partial charge is 0.465 e. The van der Waals surface area contributed by atoms with Crippen molar-refractivity contribution < 1.29 is 90.3 Å². The number of hydrogen-bond acceptors (Lipinski definition) is 19. The molecule has 0 aromatic carbocycles. The van der Waals surface area contributed by atoms with Crippen LogP contribution in [0.1, 0.15) is 325 Å². The molecule has 0 N–H and O–H groups in total. The third-order valence-electron chi connectivity index (χ3n) is 28.1. The Balaban J connectivity index is 0.000000159. The minimum absolute atomic E-state index is 0.00995. The molecule has 19 heteroatoms. The number of fused-ring (bicyclic) bond motifs is 7. The summed E-state index contributed by atoms with van der Waals surface area (Å²) in [6.07, 6.45) is 32.7. The molecule has 7 heterocycles. The van der Waals surface area contributed by atoms with E-state index in [4.69, 9.17) is 61.6 Å². The molecule has 7 aliphatic carbocycles. The lowest BCUT2D eigenvalue weighted by Crippen LogP contribution is -2.39. The van der Waals surface area contributed by atoms with E-state index in [0.29, 0.717) is 130 Å². The van der Waals surface area contributed by atoms with Crippen molar-refractivity contribution in [2.75, 3.05) is 39.6 Å². The van der Waals surface area contributed by atoms with Crippen LogP contribution in [0.15, 0.2) is 0 Å². The fraction of sp³-hybridized carbons (Fsp3) is 0.933. The van der Waals surface area contributed by atoms with Crippen LogP contribution in [0.5, 0.6) is 0 Å². The van der Waals surface area contributed by atoms with Gasteiger partial charge in [0.2, 0.25) is 0 Å². The van der Waals surface area contributed by atoms with E-state index in [-0.39, 0.29) is 98.3 Å². The molecule has 14 fully saturated rings. The van der Waals surface area contributed by atoms with Gasteiger partial charge in [-0.1, -0.05) is 142 Å². The van der Waals surface area contributed by atoms with Gasteiger partial charge in [-0.25, -0.2) is 0 Å². The van der Waals surface area contributed by atoms with E-state index >= 15 is 0 Å². The summed E-state index contributed by atoms with van der Waals surface area (Å²) in [5.74, 6) is 4.74. The summed E-state index contributed by atoms with van der Waals surface area (Å²) in [7, 11) is 0.